The van der Waals surface area contributed by atoms with Crippen LogP contribution in [0, 0.1) is 10.8 Å². The first-order valence-corrected chi connectivity index (χ1v) is 5.15. The van der Waals surface area contributed by atoms with Crippen LogP contribution in [0.4, 0.5) is 0 Å². The fourth-order valence-electron chi connectivity index (χ4n) is 1.35. The van der Waals surface area contributed by atoms with Crippen LogP contribution in [0.3, 0.4) is 0 Å². The molecule has 0 saturated heterocycles. The molecule has 0 bridgehead atoms. The molecule has 2 heterocycles. The Morgan fingerprint density at radius 1 is 1.60 bits per heavy atom. The van der Waals surface area contributed by atoms with E-state index < -0.39 is 0 Å². The van der Waals surface area contributed by atoms with Gasteiger partial charge in [0.1, 0.15) is 5.69 Å². The van der Waals surface area contributed by atoms with Crippen LogP contribution >= 0.6 is 12.2 Å². The zero-order valence-corrected chi connectivity index (χ0v) is 9.41. The molecule has 5 nitrogen and oxygen atoms in total. The molecule has 6 heteroatoms. The van der Waals surface area contributed by atoms with E-state index in [-0.39, 0.29) is 4.84 Å². The molecule has 0 radical (unpaired) electrons. The number of H-pyrrole nitrogens is 1. The first-order chi connectivity index (χ1) is 7.16. The van der Waals surface area contributed by atoms with Crippen molar-refractivity contribution in [2.45, 2.75) is 20.4 Å². The van der Waals surface area contributed by atoms with Crippen molar-refractivity contribution in [1.82, 2.24) is 20.0 Å². The molecule has 0 unspecified atom stereocenters. The van der Waals surface area contributed by atoms with Crippen LogP contribution in [0.25, 0.3) is 11.6 Å². The molecule has 0 amide bonds. The zero-order valence-electron chi connectivity index (χ0n) is 8.60. The summed E-state index contributed by atoms with van der Waals surface area (Å²) in [6.45, 7) is 5.09. The Balaban J connectivity index is 2.36. The second-order valence-corrected chi connectivity index (χ2v) is 4.08. The first-order valence-electron chi connectivity index (χ1n) is 4.74. The summed E-state index contributed by atoms with van der Waals surface area (Å²) in [4.78, 5) is 0.280. The van der Waals surface area contributed by atoms with Gasteiger partial charge >= 0.3 is 0 Å². The van der Waals surface area contributed by atoms with Crippen LogP contribution in [-0.2, 0) is 6.54 Å². The smallest absolute Gasteiger partial charge is 0.284 e. The maximum absolute atomic E-state index is 5.24. The summed E-state index contributed by atoms with van der Waals surface area (Å²) < 4.78 is 7.10. The van der Waals surface area contributed by atoms with Crippen molar-refractivity contribution >= 4 is 12.2 Å². The molecule has 2 aromatic rings. The van der Waals surface area contributed by atoms with Crippen molar-refractivity contribution in [3.63, 3.8) is 0 Å². The lowest BCUT2D eigenvalue weighted by Gasteiger charge is -2.06. The average Bonchev–Trinajstić information content (AvgIpc) is 2.72. The van der Waals surface area contributed by atoms with Gasteiger partial charge in [-0.1, -0.05) is 13.8 Å². The monoisotopic (exact) mass is 224 g/mol. The summed E-state index contributed by atoms with van der Waals surface area (Å²) >= 11 is 4.82. The van der Waals surface area contributed by atoms with E-state index in [0.717, 1.165) is 12.2 Å². The minimum atomic E-state index is 0.280. The highest BCUT2D eigenvalue weighted by atomic mass is 32.1. The minimum Gasteiger partial charge on any atom is -0.408 e. The van der Waals surface area contributed by atoms with Crippen LogP contribution in [0.15, 0.2) is 16.7 Å². The van der Waals surface area contributed by atoms with Gasteiger partial charge in [-0.15, -0.1) is 5.10 Å². The normalized spacial score (nSPS) is 11.1. The van der Waals surface area contributed by atoms with E-state index in [2.05, 4.69) is 29.1 Å². The lowest BCUT2D eigenvalue weighted by Crippen LogP contribution is -2.07. The van der Waals surface area contributed by atoms with Gasteiger partial charge in [0.2, 0.25) is 0 Å². The molecule has 0 aliphatic heterocycles. The van der Waals surface area contributed by atoms with Crippen LogP contribution in [0.2, 0.25) is 0 Å². The molecule has 0 saturated carbocycles. The third-order valence-electron chi connectivity index (χ3n) is 1.91. The summed E-state index contributed by atoms with van der Waals surface area (Å²) in [5.74, 6) is 1.00. The highest BCUT2D eigenvalue weighted by Crippen LogP contribution is 2.16. The number of hydrogen-bond acceptors (Lipinski definition) is 4. The molecule has 1 N–H and O–H groups in total. The number of rotatable bonds is 3. The summed E-state index contributed by atoms with van der Waals surface area (Å²) in [6, 6.07) is 1.86. The Hall–Kier alpha value is -1.43. The molecule has 0 fully saturated rings. The van der Waals surface area contributed by atoms with Crippen LogP contribution in [0.5, 0.6) is 0 Å². The van der Waals surface area contributed by atoms with E-state index in [0.29, 0.717) is 11.8 Å². The molecule has 0 aliphatic rings. The quantitative estimate of drug-likeness (QED) is 0.812. The van der Waals surface area contributed by atoms with E-state index in [1.54, 1.807) is 6.20 Å². The van der Waals surface area contributed by atoms with Gasteiger partial charge < -0.3 is 4.42 Å². The number of nitrogens with one attached hydrogen (secondary N) is 1. The molecular weight excluding hydrogens is 212 g/mol. The largest absolute Gasteiger partial charge is 0.408 e. The van der Waals surface area contributed by atoms with E-state index in [1.807, 2.05) is 10.7 Å². The van der Waals surface area contributed by atoms with Crippen LogP contribution in [-0.4, -0.2) is 20.0 Å². The Bertz CT molecular complexity index is 496. The second-order valence-electron chi connectivity index (χ2n) is 3.71. The van der Waals surface area contributed by atoms with Crippen molar-refractivity contribution < 1.29 is 4.42 Å². The number of nitrogens with zero attached hydrogens (tertiary/aromatic N) is 3. The Kier molecular flexibility index (Phi) is 2.68. The third-order valence-corrected chi connectivity index (χ3v) is 2.09. The van der Waals surface area contributed by atoms with Gasteiger partial charge in [-0.25, -0.2) is 5.10 Å². The topological polar surface area (TPSA) is 59.6 Å². The Labute approximate surface area is 92.1 Å². The lowest BCUT2D eigenvalue weighted by atomic mass is 10.2. The van der Waals surface area contributed by atoms with Crippen molar-refractivity contribution in [3.05, 3.63) is 17.1 Å². The number of aromatic nitrogens is 4. The number of aromatic amines is 1. The van der Waals surface area contributed by atoms with E-state index >= 15 is 0 Å². The predicted octanol–water partition coefficient (Wildman–Crippen LogP) is 2.25. The fourth-order valence-corrected chi connectivity index (χ4v) is 1.47. The van der Waals surface area contributed by atoms with Gasteiger partial charge in [-0.3, -0.25) is 4.68 Å². The molecular formula is C9H12N4OS. The van der Waals surface area contributed by atoms with Gasteiger partial charge in [-0.2, -0.15) is 5.10 Å². The predicted molar refractivity (Wildman–Crippen MR) is 57.7 cm³/mol. The van der Waals surface area contributed by atoms with Crippen molar-refractivity contribution in [1.29, 1.82) is 0 Å². The van der Waals surface area contributed by atoms with Gasteiger partial charge in [0.05, 0.1) is 0 Å². The van der Waals surface area contributed by atoms with Crippen molar-refractivity contribution in [2.24, 2.45) is 5.92 Å². The third kappa shape index (κ3) is 2.15. The molecule has 0 aromatic carbocycles. The van der Waals surface area contributed by atoms with E-state index in [1.165, 1.54) is 0 Å². The zero-order chi connectivity index (χ0) is 10.8. The van der Waals surface area contributed by atoms with Gasteiger partial charge in [0.25, 0.3) is 10.7 Å². The standard InChI is InChI=1S/C9H12N4OS/c1-6(2)5-13-7(3-4-10-13)8-11-12-9(15)14-8/h3-4,6H,5H2,1-2H3,(H,12,15). The fraction of sp³-hybridized carbons (Fsp3) is 0.444. The molecule has 0 atom stereocenters. The van der Waals surface area contributed by atoms with Crippen molar-refractivity contribution in [2.75, 3.05) is 0 Å². The maximum Gasteiger partial charge on any atom is 0.284 e. The molecule has 2 rings (SSSR count). The van der Waals surface area contributed by atoms with Gasteiger partial charge in [0.15, 0.2) is 0 Å². The highest BCUT2D eigenvalue weighted by Gasteiger charge is 2.11. The molecule has 0 aliphatic carbocycles. The molecule has 80 valence electrons. The van der Waals surface area contributed by atoms with E-state index in [4.69, 9.17) is 16.6 Å². The Morgan fingerprint density at radius 2 is 2.40 bits per heavy atom. The number of hydrogen-bond donors (Lipinski definition) is 1. The first kappa shape index (κ1) is 10.1. The summed E-state index contributed by atoms with van der Waals surface area (Å²) in [5.41, 5.74) is 0.844. The van der Waals surface area contributed by atoms with Gasteiger partial charge in [0, 0.05) is 12.7 Å². The summed E-state index contributed by atoms with van der Waals surface area (Å²) in [5, 5.41) is 10.8. The van der Waals surface area contributed by atoms with Crippen LogP contribution < -0.4 is 0 Å². The molecule has 15 heavy (non-hydrogen) atoms. The lowest BCUT2D eigenvalue weighted by molar-refractivity contribution is 0.475. The van der Waals surface area contributed by atoms with Crippen LogP contribution in [0.1, 0.15) is 13.8 Å². The molecule has 2 aromatic heterocycles. The second kappa shape index (κ2) is 3.98. The SMILES string of the molecule is CC(C)Cn1nccc1-c1n[nH]c(=S)o1. The summed E-state index contributed by atoms with van der Waals surface area (Å²) in [7, 11) is 0. The van der Waals surface area contributed by atoms with E-state index in [9.17, 15) is 0 Å². The minimum absolute atomic E-state index is 0.280. The maximum atomic E-state index is 5.24. The highest BCUT2D eigenvalue weighted by molar-refractivity contribution is 7.71. The Morgan fingerprint density at radius 3 is 3.00 bits per heavy atom. The van der Waals surface area contributed by atoms with Crippen molar-refractivity contribution in [3.8, 4) is 11.6 Å². The molecule has 0 spiro atoms. The average molecular weight is 224 g/mol. The summed E-state index contributed by atoms with van der Waals surface area (Å²) in [6.07, 6.45) is 1.73. The van der Waals surface area contributed by atoms with Gasteiger partial charge in [-0.05, 0) is 24.2 Å².